The lowest BCUT2D eigenvalue weighted by Gasteiger charge is -2.20. The number of hydrogen-bond acceptors (Lipinski definition) is 2. The van der Waals surface area contributed by atoms with Crippen LogP contribution in [0.15, 0.2) is 78.9 Å². The van der Waals surface area contributed by atoms with E-state index < -0.39 is 0 Å². The number of nitrogens with one attached hydrogen (secondary N) is 2. The Morgan fingerprint density at radius 1 is 0.846 bits per heavy atom. The third kappa shape index (κ3) is 4.58. The van der Waals surface area contributed by atoms with Gasteiger partial charge in [0.05, 0.1) is 12.6 Å². The van der Waals surface area contributed by atoms with Crippen LogP contribution in [0.1, 0.15) is 28.3 Å². The summed E-state index contributed by atoms with van der Waals surface area (Å²) in [4.78, 5) is 12.5. The van der Waals surface area contributed by atoms with E-state index in [-0.39, 0.29) is 18.5 Å². The van der Waals surface area contributed by atoms with Crippen molar-refractivity contribution in [2.24, 2.45) is 0 Å². The Morgan fingerprint density at radius 2 is 1.42 bits per heavy atom. The lowest BCUT2D eigenvalue weighted by molar-refractivity contribution is -0.115. The van der Waals surface area contributed by atoms with Crippen molar-refractivity contribution in [2.45, 2.75) is 19.9 Å². The van der Waals surface area contributed by atoms with Gasteiger partial charge in [0, 0.05) is 5.69 Å². The van der Waals surface area contributed by atoms with Gasteiger partial charge >= 0.3 is 0 Å². The number of aryl methyl sites for hydroxylation is 2. The summed E-state index contributed by atoms with van der Waals surface area (Å²) in [6.45, 7) is 4.26. The third-order valence-electron chi connectivity index (χ3n) is 4.40. The fourth-order valence-corrected chi connectivity index (χ4v) is 2.98. The van der Waals surface area contributed by atoms with Crippen molar-refractivity contribution in [3.05, 3.63) is 101 Å². The summed E-state index contributed by atoms with van der Waals surface area (Å²) in [6, 6.07) is 26.4. The fraction of sp³-hybridized carbons (Fsp3) is 0.174. The zero-order chi connectivity index (χ0) is 18.4. The molecule has 132 valence electrons. The second kappa shape index (κ2) is 8.45. The van der Waals surface area contributed by atoms with Gasteiger partial charge in [-0.15, -0.1) is 0 Å². The van der Waals surface area contributed by atoms with E-state index in [0.717, 1.165) is 27.9 Å². The van der Waals surface area contributed by atoms with Crippen molar-refractivity contribution >= 4 is 11.6 Å². The van der Waals surface area contributed by atoms with Crippen molar-refractivity contribution in [1.82, 2.24) is 5.32 Å². The van der Waals surface area contributed by atoms with Crippen LogP contribution < -0.4 is 10.6 Å². The molecule has 0 atom stereocenters. The van der Waals surface area contributed by atoms with E-state index in [1.165, 1.54) is 0 Å². The van der Waals surface area contributed by atoms with Gasteiger partial charge in [-0.3, -0.25) is 10.1 Å². The van der Waals surface area contributed by atoms with Gasteiger partial charge in [-0.1, -0.05) is 72.8 Å². The Balaban J connectivity index is 1.72. The fourth-order valence-electron chi connectivity index (χ4n) is 2.98. The van der Waals surface area contributed by atoms with Gasteiger partial charge < -0.3 is 5.32 Å². The first-order valence-corrected chi connectivity index (χ1v) is 8.84. The molecule has 3 aromatic carbocycles. The highest BCUT2D eigenvalue weighted by Gasteiger charge is 2.15. The van der Waals surface area contributed by atoms with E-state index in [2.05, 4.69) is 34.9 Å². The lowest BCUT2D eigenvalue weighted by Crippen LogP contribution is -2.32. The van der Waals surface area contributed by atoms with Gasteiger partial charge in [0.2, 0.25) is 5.91 Å². The van der Waals surface area contributed by atoms with Gasteiger partial charge in [-0.05, 0) is 42.2 Å². The van der Waals surface area contributed by atoms with Crippen molar-refractivity contribution in [2.75, 3.05) is 11.9 Å². The zero-order valence-electron chi connectivity index (χ0n) is 15.2. The van der Waals surface area contributed by atoms with E-state index in [0.29, 0.717) is 0 Å². The Morgan fingerprint density at radius 3 is 2.00 bits per heavy atom. The van der Waals surface area contributed by atoms with Gasteiger partial charge in [0.25, 0.3) is 0 Å². The number of benzene rings is 3. The highest BCUT2D eigenvalue weighted by atomic mass is 16.1. The maximum Gasteiger partial charge on any atom is 0.238 e. The molecule has 0 spiro atoms. The third-order valence-corrected chi connectivity index (χ3v) is 4.40. The summed E-state index contributed by atoms with van der Waals surface area (Å²) in [5.41, 5.74) is 5.33. The van der Waals surface area contributed by atoms with Crippen molar-refractivity contribution in [3.8, 4) is 0 Å². The average molecular weight is 344 g/mol. The van der Waals surface area contributed by atoms with Crippen LogP contribution in [-0.4, -0.2) is 12.5 Å². The molecule has 0 unspecified atom stereocenters. The van der Waals surface area contributed by atoms with Crippen LogP contribution in [0.3, 0.4) is 0 Å². The second-order valence-electron chi connectivity index (χ2n) is 6.50. The number of carbonyl (C=O) groups is 1. The molecular formula is C23H24N2O. The standard InChI is InChI=1S/C23H24N2O/c1-17-13-14-18(2)21(15-17)25-22(26)16-24-23(19-9-5-3-6-10-19)20-11-7-4-8-12-20/h3-15,23-24H,16H2,1-2H3,(H,25,26). The van der Waals surface area contributed by atoms with E-state index >= 15 is 0 Å². The molecule has 26 heavy (non-hydrogen) atoms. The molecule has 0 saturated heterocycles. The Bertz CT molecular complexity index is 820. The quantitative estimate of drug-likeness (QED) is 0.685. The molecule has 0 aliphatic carbocycles. The number of rotatable bonds is 6. The topological polar surface area (TPSA) is 41.1 Å². The molecule has 3 aromatic rings. The van der Waals surface area contributed by atoms with Crippen LogP contribution in [0.2, 0.25) is 0 Å². The van der Waals surface area contributed by atoms with Gasteiger partial charge in [-0.2, -0.15) is 0 Å². The van der Waals surface area contributed by atoms with Crippen LogP contribution in [0, 0.1) is 13.8 Å². The van der Waals surface area contributed by atoms with E-state index in [4.69, 9.17) is 0 Å². The summed E-state index contributed by atoms with van der Waals surface area (Å²) in [5.74, 6) is -0.0458. The summed E-state index contributed by atoms with van der Waals surface area (Å²) in [5, 5.41) is 6.40. The Hall–Kier alpha value is -2.91. The molecule has 0 aliphatic heterocycles. The maximum absolute atomic E-state index is 12.5. The second-order valence-corrected chi connectivity index (χ2v) is 6.50. The van der Waals surface area contributed by atoms with Crippen molar-refractivity contribution in [3.63, 3.8) is 0 Å². The first-order chi connectivity index (χ1) is 12.6. The normalized spacial score (nSPS) is 10.7. The molecular weight excluding hydrogens is 320 g/mol. The minimum absolute atomic E-state index is 0.0262. The highest BCUT2D eigenvalue weighted by molar-refractivity contribution is 5.93. The minimum atomic E-state index is -0.0458. The molecule has 3 heteroatoms. The maximum atomic E-state index is 12.5. The largest absolute Gasteiger partial charge is 0.325 e. The Kier molecular flexibility index (Phi) is 5.82. The molecule has 0 aliphatic rings. The molecule has 1 amide bonds. The number of anilines is 1. The number of carbonyl (C=O) groups excluding carboxylic acids is 1. The molecule has 0 heterocycles. The molecule has 0 bridgehead atoms. The van der Waals surface area contributed by atoms with Gasteiger partial charge in [-0.25, -0.2) is 0 Å². The highest BCUT2D eigenvalue weighted by Crippen LogP contribution is 2.21. The molecule has 0 fully saturated rings. The van der Waals surface area contributed by atoms with Crippen LogP contribution >= 0.6 is 0 Å². The van der Waals surface area contributed by atoms with Crippen molar-refractivity contribution in [1.29, 1.82) is 0 Å². The molecule has 3 nitrogen and oxygen atoms in total. The average Bonchev–Trinajstić information content (AvgIpc) is 2.67. The number of hydrogen-bond donors (Lipinski definition) is 2. The van der Waals surface area contributed by atoms with E-state index in [1.54, 1.807) is 0 Å². The molecule has 3 rings (SSSR count). The lowest BCUT2D eigenvalue weighted by atomic mass is 9.99. The monoisotopic (exact) mass is 344 g/mol. The summed E-state index contributed by atoms with van der Waals surface area (Å²) < 4.78 is 0. The Labute approximate surface area is 155 Å². The summed E-state index contributed by atoms with van der Waals surface area (Å²) >= 11 is 0. The van der Waals surface area contributed by atoms with Crippen LogP contribution in [0.5, 0.6) is 0 Å². The predicted octanol–water partition coefficient (Wildman–Crippen LogP) is 4.62. The van der Waals surface area contributed by atoms with Gasteiger partial charge in [0.15, 0.2) is 0 Å². The van der Waals surface area contributed by atoms with Gasteiger partial charge in [0.1, 0.15) is 0 Å². The van der Waals surface area contributed by atoms with E-state index in [1.807, 2.05) is 68.4 Å². The molecule has 0 radical (unpaired) electrons. The minimum Gasteiger partial charge on any atom is -0.325 e. The number of amides is 1. The molecule has 0 aromatic heterocycles. The summed E-state index contributed by atoms with van der Waals surface area (Å²) in [6.07, 6.45) is 0. The SMILES string of the molecule is Cc1ccc(C)c(NC(=O)CNC(c2ccccc2)c2ccccc2)c1. The van der Waals surface area contributed by atoms with E-state index in [9.17, 15) is 4.79 Å². The summed E-state index contributed by atoms with van der Waals surface area (Å²) in [7, 11) is 0. The first kappa shape index (κ1) is 17.9. The van der Waals surface area contributed by atoms with Crippen LogP contribution in [-0.2, 0) is 4.79 Å². The van der Waals surface area contributed by atoms with Crippen molar-refractivity contribution < 1.29 is 4.79 Å². The molecule has 0 saturated carbocycles. The smallest absolute Gasteiger partial charge is 0.238 e. The first-order valence-electron chi connectivity index (χ1n) is 8.84. The zero-order valence-corrected chi connectivity index (χ0v) is 15.2. The van der Waals surface area contributed by atoms with Crippen LogP contribution in [0.4, 0.5) is 5.69 Å². The van der Waals surface area contributed by atoms with Crippen LogP contribution in [0.25, 0.3) is 0 Å². The predicted molar refractivity (Wildman–Crippen MR) is 107 cm³/mol. The molecule has 2 N–H and O–H groups in total.